The molecule has 1 atom stereocenters. The Morgan fingerprint density at radius 2 is 1.91 bits per heavy atom. The molecule has 0 aliphatic carbocycles. The first-order valence-corrected chi connectivity index (χ1v) is 12.2. The summed E-state index contributed by atoms with van der Waals surface area (Å²) in [4.78, 5) is 47.2. The van der Waals surface area contributed by atoms with E-state index >= 15 is 0 Å². The second-order valence-electron chi connectivity index (χ2n) is 7.82. The molecule has 2 aromatic rings. The van der Waals surface area contributed by atoms with E-state index < -0.39 is 45.3 Å². The number of rotatable bonds is 8. The Morgan fingerprint density at radius 1 is 1.18 bits per heavy atom. The van der Waals surface area contributed by atoms with E-state index in [1.54, 1.807) is 12.1 Å². The molecule has 0 aromatic heterocycles. The number of esters is 1. The van der Waals surface area contributed by atoms with Crippen LogP contribution in [-0.2, 0) is 26.0 Å². The highest BCUT2D eigenvalue weighted by Crippen LogP contribution is 2.30. The molecule has 1 N–H and O–H groups in total. The number of sulfonamides is 1. The Balaban J connectivity index is 1.59. The lowest BCUT2D eigenvalue weighted by atomic mass is 9.99. The molecule has 0 spiro atoms. The normalized spacial score (nSPS) is 14.0. The van der Waals surface area contributed by atoms with Crippen LogP contribution in [-0.4, -0.2) is 56.5 Å². The van der Waals surface area contributed by atoms with E-state index in [1.165, 1.54) is 35.5 Å². The van der Waals surface area contributed by atoms with E-state index in [0.29, 0.717) is 30.6 Å². The monoisotopic (exact) mass is 489 g/mol. The predicted molar refractivity (Wildman–Crippen MR) is 122 cm³/mol. The number of nitrogens with one attached hydrogen (secondary N) is 1. The molecule has 3 rings (SSSR count). The van der Waals surface area contributed by atoms with Gasteiger partial charge in [-0.25, -0.2) is 13.2 Å². The van der Waals surface area contributed by atoms with Crippen molar-refractivity contribution in [1.82, 2.24) is 5.32 Å². The number of carbonyl (C=O) groups excluding carboxylic acids is 3. The summed E-state index contributed by atoms with van der Waals surface area (Å²) in [6.45, 7) is 1.17. The second kappa shape index (κ2) is 10.00. The van der Waals surface area contributed by atoms with Crippen LogP contribution in [0.2, 0.25) is 0 Å². The smallest absolute Gasteiger partial charge is 0.328 e. The number of nitro benzene ring substituents is 1. The number of non-ortho nitro benzene ring substituents is 1. The maximum Gasteiger partial charge on any atom is 0.328 e. The Morgan fingerprint density at radius 3 is 2.59 bits per heavy atom. The van der Waals surface area contributed by atoms with E-state index in [9.17, 15) is 32.9 Å². The Hall–Kier alpha value is -3.80. The second-order valence-corrected chi connectivity index (χ2v) is 9.72. The summed E-state index contributed by atoms with van der Waals surface area (Å²) >= 11 is 0. The van der Waals surface area contributed by atoms with Gasteiger partial charge in [0, 0.05) is 29.8 Å². The zero-order chi connectivity index (χ0) is 25.0. The lowest BCUT2D eigenvalue weighted by Gasteiger charge is -2.29. The van der Waals surface area contributed by atoms with Gasteiger partial charge in [-0.15, -0.1) is 0 Å². The molecule has 2 aromatic carbocycles. The first-order valence-electron chi connectivity index (χ1n) is 10.3. The fourth-order valence-corrected chi connectivity index (χ4v) is 4.52. The van der Waals surface area contributed by atoms with Crippen LogP contribution in [0.5, 0.6) is 0 Å². The number of fused-ring (bicyclic) bond motifs is 1. The number of nitro groups is 1. The molecule has 0 saturated heterocycles. The molecule has 0 unspecified atom stereocenters. The lowest BCUT2D eigenvalue weighted by molar-refractivity contribution is -0.384. The van der Waals surface area contributed by atoms with Crippen LogP contribution in [0.1, 0.15) is 39.6 Å². The zero-order valence-corrected chi connectivity index (χ0v) is 19.3. The number of hydrogen-bond acceptors (Lipinski definition) is 8. The summed E-state index contributed by atoms with van der Waals surface area (Å²) in [6.07, 6.45) is 2.36. The van der Waals surface area contributed by atoms with Crippen LogP contribution < -0.4 is 9.62 Å². The van der Waals surface area contributed by atoms with Gasteiger partial charge in [0.25, 0.3) is 11.6 Å². The third kappa shape index (κ3) is 5.76. The van der Waals surface area contributed by atoms with Gasteiger partial charge in [0.2, 0.25) is 10.0 Å². The first-order chi connectivity index (χ1) is 16.0. The van der Waals surface area contributed by atoms with Gasteiger partial charge in [-0.3, -0.25) is 24.0 Å². The average molecular weight is 490 g/mol. The molecule has 0 fully saturated rings. The summed E-state index contributed by atoms with van der Waals surface area (Å²) in [5, 5.41) is 13.2. The molecule has 180 valence electrons. The van der Waals surface area contributed by atoms with Gasteiger partial charge < -0.3 is 10.1 Å². The minimum atomic E-state index is -3.43. The number of ether oxygens (including phenoxy) is 1. The quantitative estimate of drug-likeness (QED) is 0.255. The predicted octanol–water partition coefficient (Wildman–Crippen LogP) is 1.85. The van der Waals surface area contributed by atoms with Gasteiger partial charge in [-0.05, 0) is 49.6 Å². The lowest BCUT2D eigenvalue weighted by Crippen LogP contribution is -2.40. The summed E-state index contributed by atoms with van der Waals surface area (Å²) < 4.78 is 30.2. The first kappa shape index (κ1) is 24.8. The molecule has 1 amide bonds. The molecule has 1 aliphatic rings. The van der Waals surface area contributed by atoms with E-state index in [0.717, 1.165) is 12.3 Å². The zero-order valence-electron chi connectivity index (χ0n) is 18.5. The molecule has 12 heteroatoms. The molecule has 0 bridgehead atoms. The molecule has 0 saturated carbocycles. The molecule has 11 nitrogen and oxygen atoms in total. The SMILES string of the molecule is C[C@H](NC(=O)c1cccc([N+](=O)[O-])c1)C(=O)OCC(=O)c1ccc2c(c1)CCCN2S(C)(=O)=O. The van der Waals surface area contributed by atoms with Crippen molar-refractivity contribution in [2.24, 2.45) is 0 Å². The number of Topliss-reactive ketones (excluding diaryl/α,β-unsaturated/α-hetero) is 1. The Labute approximate surface area is 195 Å². The van der Waals surface area contributed by atoms with Crippen LogP contribution in [0, 0.1) is 10.1 Å². The number of carbonyl (C=O) groups is 3. The van der Waals surface area contributed by atoms with Crippen LogP contribution >= 0.6 is 0 Å². The number of aryl methyl sites for hydroxylation is 1. The number of anilines is 1. The molecule has 1 heterocycles. The van der Waals surface area contributed by atoms with Gasteiger partial charge in [-0.2, -0.15) is 0 Å². The number of benzene rings is 2. The number of ketones is 1. The van der Waals surface area contributed by atoms with E-state index in [4.69, 9.17) is 4.74 Å². The van der Waals surface area contributed by atoms with E-state index in [-0.39, 0.29) is 16.8 Å². The fourth-order valence-electron chi connectivity index (χ4n) is 3.53. The van der Waals surface area contributed by atoms with Gasteiger partial charge in [0.1, 0.15) is 6.04 Å². The van der Waals surface area contributed by atoms with Gasteiger partial charge in [0.15, 0.2) is 12.4 Å². The molecular formula is C22H23N3O8S. The van der Waals surface area contributed by atoms with Crippen molar-refractivity contribution in [1.29, 1.82) is 0 Å². The van der Waals surface area contributed by atoms with Crippen LogP contribution in [0.3, 0.4) is 0 Å². The van der Waals surface area contributed by atoms with E-state index in [2.05, 4.69) is 5.32 Å². The number of amides is 1. The molecule has 34 heavy (non-hydrogen) atoms. The standard InChI is InChI=1S/C22H23N3O8S/c1-14(23-21(27)17-5-3-7-18(12-17)25(29)30)22(28)33-13-20(26)16-8-9-19-15(11-16)6-4-10-24(19)34(2,31)32/h3,5,7-9,11-12,14H,4,6,10,13H2,1-2H3,(H,23,27)/t14-/m0/s1. The third-order valence-electron chi connectivity index (χ3n) is 5.24. The van der Waals surface area contributed by atoms with Crippen LogP contribution in [0.25, 0.3) is 0 Å². The highest BCUT2D eigenvalue weighted by atomic mass is 32.2. The topological polar surface area (TPSA) is 153 Å². The van der Waals surface area contributed by atoms with Crippen LogP contribution in [0.15, 0.2) is 42.5 Å². The highest BCUT2D eigenvalue weighted by molar-refractivity contribution is 7.92. The van der Waals surface area contributed by atoms with Crippen molar-refractivity contribution < 1.29 is 32.5 Å². The number of nitrogens with zero attached hydrogens (tertiary/aromatic N) is 2. The fraction of sp³-hybridized carbons (Fsp3) is 0.318. The van der Waals surface area contributed by atoms with Gasteiger partial charge in [0.05, 0.1) is 16.9 Å². The van der Waals surface area contributed by atoms with Crippen molar-refractivity contribution in [2.75, 3.05) is 23.7 Å². The van der Waals surface area contributed by atoms with E-state index in [1.807, 2.05) is 0 Å². The molecular weight excluding hydrogens is 466 g/mol. The summed E-state index contributed by atoms with van der Waals surface area (Å²) in [6, 6.07) is 8.56. The minimum absolute atomic E-state index is 0.00197. The van der Waals surface area contributed by atoms with Crippen molar-refractivity contribution in [2.45, 2.75) is 25.8 Å². The maximum absolute atomic E-state index is 12.5. The minimum Gasteiger partial charge on any atom is -0.456 e. The number of hydrogen-bond donors (Lipinski definition) is 1. The third-order valence-corrected chi connectivity index (χ3v) is 6.42. The Kier molecular flexibility index (Phi) is 7.30. The summed E-state index contributed by atoms with van der Waals surface area (Å²) in [5.41, 5.74) is 1.25. The average Bonchev–Trinajstić information content (AvgIpc) is 2.80. The van der Waals surface area contributed by atoms with Gasteiger partial charge in [-0.1, -0.05) is 6.07 Å². The largest absolute Gasteiger partial charge is 0.456 e. The highest BCUT2D eigenvalue weighted by Gasteiger charge is 2.25. The van der Waals surface area contributed by atoms with Crippen molar-refractivity contribution >= 4 is 39.1 Å². The van der Waals surface area contributed by atoms with Crippen molar-refractivity contribution in [3.05, 3.63) is 69.3 Å². The van der Waals surface area contributed by atoms with Crippen molar-refractivity contribution in [3.63, 3.8) is 0 Å². The van der Waals surface area contributed by atoms with Gasteiger partial charge >= 0.3 is 5.97 Å². The Bertz CT molecular complexity index is 1260. The van der Waals surface area contributed by atoms with Crippen molar-refractivity contribution in [3.8, 4) is 0 Å². The summed E-state index contributed by atoms with van der Waals surface area (Å²) in [7, 11) is -3.43. The van der Waals surface area contributed by atoms with Crippen LogP contribution in [0.4, 0.5) is 11.4 Å². The summed E-state index contributed by atoms with van der Waals surface area (Å²) in [5.74, 6) is -2.04. The molecule has 1 aliphatic heterocycles. The molecule has 0 radical (unpaired) electrons. The maximum atomic E-state index is 12.5.